The monoisotopic (exact) mass is 101 g/mol. The summed E-state index contributed by atoms with van der Waals surface area (Å²) in [5.41, 5.74) is 2.53. The fourth-order valence-corrected chi connectivity index (χ4v) is 0.344. The van der Waals surface area contributed by atoms with E-state index >= 15 is 0 Å². The molecule has 0 amide bonds. The van der Waals surface area contributed by atoms with Crippen LogP contribution in [0.1, 0.15) is 0 Å². The van der Waals surface area contributed by atoms with E-state index in [2.05, 4.69) is 5.53 Å². The molecule has 40 valence electrons. The number of hydrazine groups is 4. The van der Waals surface area contributed by atoms with Gasteiger partial charge in [0, 0.05) is 0 Å². The van der Waals surface area contributed by atoms with Crippen LogP contribution in [0.4, 0.5) is 0 Å². The zero-order chi connectivity index (χ0) is 5.28. The third-order valence-corrected chi connectivity index (χ3v) is 0.619. The highest BCUT2D eigenvalue weighted by Gasteiger charge is 1.99. The van der Waals surface area contributed by atoms with Gasteiger partial charge in [-0.15, -0.1) is 5.53 Å². The molecule has 5 nitrogen and oxygen atoms in total. The Kier molecular flexibility index (Phi) is 0.861. The molecule has 0 aliphatic carbocycles. The molecule has 5 heteroatoms. The average molecular weight is 101 g/mol. The van der Waals surface area contributed by atoms with Crippen LogP contribution in [-0.4, -0.2) is 10.2 Å². The number of nitrogens with one attached hydrogen (secondary N) is 1. The molecular formula is C2H7N5. The van der Waals surface area contributed by atoms with Crippen LogP contribution in [0, 0.1) is 0 Å². The molecule has 0 radical (unpaired) electrons. The topological polar surface area (TPSA) is 70.5 Å². The van der Waals surface area contributed by atoms with Gasteiger partial charge in [0.05, 0.1) is 12.4 Å². The van der Waals surface area contributed by atoms with Crippen molar-refractivity contribution in [2.45, 2.75) is 0 Å². The minimum absolute atomic E-state index is 1.25. The summed E-state index contributed by atoms with van der Waals surface area (Å²) in [5.74, 6) is 10.3. The van der Waals surface area contributed by atoms with Crippen molar-refractivity contribution in [3.63, 3.8) is 0 Å². The summed E-state index contributed by atoms with van der Waals surface area (Å²) < 4.78 is 0. The molecule has 0 atom stereocenters. The molecule has 0 unspecified atom stereocenters. The third-order valence-electron chi connectivity index (χ3n) is 0.619. The van der Waals surface area contributed by atoms with Gasteiger partial charge in [-0.05, 0) is 0 Å². The summed E-state index contributed by atoms with van der Waals surface area (Å²) in [6.45, 7) is 0. The van der Waals surface area contributed by atoms with Gasteiger partial charge in [-0.25, -0.2) is 21.9 Å². The van der Waals surface area contributed by atoms with Crippen molar-refractivity contribution in [2.75, 3.05) is 0 Å². The van der Waals surface area contributed by atoms with E-state index in [1.807, 2.05) is 0 Å². The highest BCUT2D eigenvalue weighted by Crippen LogP contribution is 1.84. The number of nitrogens with two attached hydrogens (primary N) is 2. The van der Waals surface area contributed by atoms with Crippen LogP contribution in [-0.2, 0) is 0 Å². The van der Waals surface area contributed by atoms with Crippen molar-refractivity contribution in [3.8, 4) is 0 Å². The van der Waals surface area contributed by atoms with Gasteiger partial charge in [-0.1, -0.05) is 0 Å². The highest BCUT2D eigenvalue weighted by molar-refractivity contribution is 4.78. The van der Waals surface area contributed by atoms with Gasteiger partial charge in [0.1, 0.15) is 0 Å². The Bertz CT molecular complexity index is 78.1. The van der Waals surface area contributed by atoms with Crippen LogP contribution in [0.5, 0.6) is 0 Å². The maximum atomic E-state index is 5.14. The Morgan fingerprint density at radius 3 is 1.71 bits per heavy atom. The maximum absolute atomic E-state index is 5.14. The smallest absolute Gasteiger partial charge is 0.0548 e. The molecule has 0 fully saturated rings. The Morgan fingerprint density at radius 2 is 1.57 bits per heavy atom. The fraction of sp³-hybridized carbons (Fsp3) is 0. The van der Waals surface area contributed by atoms with Gasteiger partial charge >= 0.3 is 0 Å². The van der Waals surface area contributed by atoms with Crippen molar-refractivity contribution in [2.24, 2.45) is 11.7 Å². The fourth-order valence-electron chi connectivity index (χ4n) is 0.344. The van der Waals surface area contributed by atoms with Crippen molar-refractivity contribution in [1.82, 2.24) is 15.8 Å². The predicted octanol–water partition coefficient (Wildman–Crippen LogP) is -1.76. The Labute approximate surface area is 41.0 Å². The minimum Gasteiger partial charge on any atom is -0.232 e. The molecule has 1 aliphatic heterocycles. The molecule has 1 rings (SSSR count). The lowest BCUT2D eigenvalue weighted by Gasteiger charge is -2.11. The largest absolute Gasteiger partial charge is 0.232 e. The second kappa shape index (κ2) is 1.38. The van der Waals surface area contributed by atoms with Crippen LogP contribution >= 0.6 is 0 Å². The lowest BCUT2D eigenvalue weighted by Crippen LogP contribution is -2.46. The lowest BCUT2D eigenvalue weighted by atomic mass is 10.9. The summed E-state index contributed by atoms with van der Waals surface area (Å²) in [7, 11) is 0. The molecule has 0 bridgehead atoms. The van der Waals surface area contributed by atoms with Gasteiger partial charge in [-0.2, -0.15) is 0 Å². The van der Waals surface area contributed by atoms with Crippen LogP contribution < -0.4 is 17.2 Å². The number of hydrogen-bond acceptors (Lipinski definition) is 5. The van der Waals surface area contributed by atoms with E-state index in [1.165, 1.54) is 10.2 Å². The molecule has 0 spiro atoms. The molecule has 0 saturated heterocycles. The first kappa shape index (κ1) is 4.38. The first-order valence-corrected chi connectivity index (χ1v) is 1.81. The quantitative estimate of drug-likeness (QED) is 0.315. The van der Waals surface area contributed by atoms with E-state index in [-0.39, 0.29) is 0 Å². The molecule has 1 aliphatic rings. The van der Waals surface area contributed by atoms with Gasteiger partial charge in [0.2, 0.25) is 0 Å². The molecule has 1 heterocycles. The first-order valence-electron chi connectivity index (χ1n) is 1.81. The Balaban J connectivity index is 2.42. The molecule has 5 N–H and O–H groups in total. The normalized spacial score (nSPS) is 19.1. The van der Waals surface area contributed by atoms with Crippen molar-refractivity contribution in [3.05, 3.63) is 12.4 Å². The van der Waals surface area contributed by atoms with Crippen molar-refractivity contribution >= 4 is 0 Å². The second-order valence-electron chi connectivity index (χ2n) is 1.21. The predicted molar refractivity (Wildman–Crippen MR) is 24.3 cm³/mol. The molecule has 7 heavy (non-hydrogen) atoms. The number of hydrogen-bond donors (Lipinski definition) is 3. The van der Waals surface area contributed by atoms with Gasteiger partial charge in [0.15, 0.2) is 0 Å². The molecule has 0 aromatic heterocycles. The summed E-state index contributed by atoms with van der Waals surface area (Å²) >= 11 is 0. The molecular weight excluding hydrogens is 94.1 g/mol. The molecule has 0 aromatic rings. The summed E-state index contributed by atoms with van der Waals surface area (Å²) in [6, 6.07) is 0. The van der Waals surface area contributed by atoms with E-state index in [1.54, 1.807) is 12.4 Å². The van der Waals surface area contributed by atoms with Crippen LogP contribution in [0.2, 0.25) is 0 Å². The zero-order valence-corrected chi connectivity index (χ0v) is 3.70. The van der Waals surface area contributed by atoms with Gasteiger partial charge < -0.3 is 0 Å². The average Bonchev–Trinajstić information content (AvgIpc) is 1.87. The van der Waals surface area contributed by atoms with Gasteiger partial charge in [-0.3, -0.25) is 0 Å². The highest BCUT2D eigenvalue weighted by atomic mass is 15.9. The Morgan fingerprint density at radius 1 is 1.14 bits per heavy atom. The van der Waals surface area contributed by atoms with E-state index in [4.69, 9.17) is 11.7 Å². The summed E-state index contributed by atoms with van der Waals surface area (Å²) in [5, 5.41) is 2.50. The molecule has 0 saturated carbocycles. The second-order valence-corrected chi connectivity index (χ2v) is 1.21. The number of nitrogens with zero attached hydrogens (tertiary/aromatic N) is 2. The van der Waals surface area contributed by atoms with E-state index in [9.17, 15) is 0 Å². The van der Waals surface area contributed by atoms with Crippen molar-refractivity contribution in [1.29, 1.82) is 0 Å². The summed E-state index contributed by atoms with van der Waals surface area (Å²) in [6.07, 6.45) is 3.19. The van der Waals surface area contributed by atoms with Crippen LogP contribution in [0.15, 0.2) is 12.4 Å². The van der Waals surface area contributed by atoms with Crippen LogP contribution in [0.25, 0.3) is 0 Å². The third kappa shape index (κ3) is 0.801. The van der Waals surface area contributed by atoms with Gasteiger partial charge in [0.25, 0.3) is 0 Å². The SMILES string of the molecule is NN1C=CN(N)N1. The van der Waals surface area contributed by atoms with Crippen molar-refractivity contribution < 1.29 is 0 Å². The first-order chi connectivity index (χ1) is 3.29. The summed E-state index contributed by atoms with van der Waals surface area (Å²) in [4.78, 5) is 0. The molecule has 0 aromatic carbocycles. The maximum Gasteiger partial charge on any atom is 0.0548 e. The lowest BCUT2D eigenvalue weighted by molar-refractivity contribution is 0.140. The van der Waals surface area contributed by atoms with E-state index < -0.39 is 0 Å². The van der Waals surface area contributed by atoms with E-state index in [0.717, 1.165) is 0 Å². The Hall–Kier alpha value is -0.780. The van der Waals surface area contributed by atoms with Crippen LogP contribution in [0.3, 0.4) is 0 Å². The zero-order valence-electron chi connectivity index (χ0n) is 3.70. The standard InChI is InChI=1S/C2H7N5/c3-6-1-2-7(4)5-6/h1-2,5H,3-4H2. The van der Waals surface area contributed by atoms with E-state index in [0.29, 0.717) is 0 Å². The minimum atomic E-state index is 1.25. The number of rotatable bonds is 0.